The summed E-state index contributed by atoms with van der Waals surface area (Å²) in [5, 5.41) is 11.5. The molecule has 0 atom stereocenters. The highest BCUT2D eigenvalue weighted by Crippen LogP contribution is 2.39. The lowest BCUT2D eigenvalue weighted by Crippen LogP contribution is -2.47. The van der Waals surface area contributed by atoms with Gasteiger partial charge in [-0.05, 0) is 37.5 Å². The second kappa shape index (κ2) is 7.90. The van der Waals surface area contributed by atoms with E-state index in [1.165, 1.54) is 0 Å². The summed E-state index contributed by atoms with van der Waals surface area (Å²) in [6.45, 7) is 6.89. The van der Waals surface area contributed by atoms with E-state index in [1.807, 2.05) is 23.3 Å². The molecule has 6 nitrogen and oxygen atoms in total. The van der Waals surface area contributed by atoms with Crippen molar-refractivity contribution in [1.29, 1.82) is 5.26 Å². The van der Waals surface area contributed by atoms with Crippen LogP contribution in [0.15, 0.2) is 17.6 Å². The molecule has 0 saturated carbocycles. The number of thiophene rings is 1. The molecule has 0 aliphatic carbocycles. The summed E-state index contributed by atoms with van der Waals surface area (Å²) in [5.41, 5.74) is 2.39. The molecule has 2 saturated heterocycles. The van der Waals surface area contributed by atoms with Gasteiger partial charge in [-0.25, -0.2) is 4.31 Å². The number of amides is 1. The smallest absolute Gasteiger partial charge is 0.257 e. The number of nitriles is 1. The van der Waals surface area contributed by atoms with E-state index in [0.29, 0.717) is 5.56 Å². The minimum absolute atomic E-state index is 0.0761. The van der Waals surface area contributed by atoms with Crippen LogP contribution in [0.25, 0.3) is 10.2 Å². The summed E-state index contributed by atoms with van der Waals surface area (Å²) in [7, 11) is 0. The number of anilines is 1. The molecule has 0 bridgehead atoms. The maximum atomic E-state index is 13.4. The minimum Gasteiger partial charge on any atom is -0.370 e. The summed E-state index contributed by atoms with van der Waals surface area (Å²) >= 11 is 3.38. The van der Waals surface area contributed by atoms with Crippen molar-refractivity contribution in [3.8, 4) is 6.07 Å². The van der Waals surface area contributed by atoms with Crippen molar-refractivity contribution >= 4 is 45.1 Å². The number of rotatable bonds is 3. The number of carbonyl (C=O) groups excluding carboxylic acids is 1. The number of piperidine rings is 1. The number of hydrogen-bond acceptors (Lipinski definition) is 7. The highest BCUT2D eigenvalue weighted by molar-refractivity contribution is 7.96. The van der Waals surface area contributed by atoms with Crippen LogP contribution in [0.1, 0.15) is 30.1 Å². The van der Waals surface area contributed by atoms with Gasteiger partial charge in [-0.1, -0.05) is 11.9 Å². The van der Waals surface area contributed by atoms with Crippen LogP contribution in [0.2, 0.25) is 0 Å². The van der Waals surface area contributed by atoms with Gasteiger partial charge in [0.25, 0.3) is 5.91 Å². The minimum atomic E-state index is -0.267. The highest BCUT2D eigenvalue weighted by atomic mass is 32.2. The SMILES string of the molecule is CSN1CCN(C(=O)c2cnc3ccsc3c2N2CCC(C)(C#N)CC2)CC1. The van der Waals surface area contributed by atoms with E-state index in [-0.39, 0.29) is 11.3 Å². The highest BCUT2D eigenvalue weighted by Gasteiger charge is 2.33. The van der Waals surface area contributed by atoms with Crippen molar-refractivity contribution in [2.45, 2.75) is 19.8 Å². The summed E-state index contributed by atoms with van der Waals surface area (Å²) in [4.78, 5) is 22.2. The lowest BCUT2D eigenvalue weighted by Gasteiger charge is -2.38. The van der Waals surface area contributed by atoms with Crippen LogP contribution in [-0.2, 0) is 0 Å². The molecule has 8 heteroatoms. The van der Waals surface area contributed by atoms with Gasteiger partial charge < -0.3 is 9.80 Å². The third-order valence-corrected chi connectivity index (χ3v) is 7.71. The number of carbonyl (C=O) groups is 1. The van der Waals surface area contributed by atoms with Gasteiger partial charge in [0.2, 0.25) is 0 Å². The van der Waals surface area contributed by atoms with E-state index in [0.717, 1.165) is 68.0 Å². The van der Waals surface area contributed by atoms with Crippen molar-refractivity contribution in [2.24, 2.45) is 5.41 Å². The van der Waals surface area contributed by atoms with Crippen LogP contribution in [0.5, 0.6) is 0 Å². The number of nitrogens with zero attached hydrogens (tertiary/aromatic N) is 5. The predicted molar refractivity (Wildman–Crippen MR) is 116 cm³/mol. The van der Waals surface area contributed by atoms with Crippen molar-refractivity contribution in [2.75, 3.05) is 50.4 Å². The first-order valence-corrected chi connectivity index (χ1v) is 11.7. The van der Waals surface area contributed by atoms with E-state index < -0.39 is 0 Å². The predicted octanol–water partition coefficient (Wildman–Crippen LogP) is 3.46. The molecule has 0 spiro atoms. The topological polar surface area (TPSA) is 63.5 Å². The molecule has 0 aromatic carbocycles. The molecular formula is C20H25N5OS2. The van der Waals surface area contributed by atoms with Crippen molar-refractivity contribution in [3.05, 3.63) is 23.2 Å². The van der Waals surface area contributed by atoms with Crippen LogP contribution < -0.4 is 4.90 Å². The van der Waals surface area contributed by atoms with Gasteiger partial charge in [0, 0.05) is 45.5 Å². The van der Waals surface area contributed by atoms with Gasteiger partial charge in [-0.3, -0.25) is 9.78 Å². The summed E-state index contributed by atoms with van der Waals surface area (Å²) < 4.78 is 3.37. The Morgan fingerprint density at radius 2 is 1.96 bits per heavy atom. The Bertz CT molecular complexity index is 905. The van der Waals surface area contributed by atoms with Crippen LogP contribution in [-0.4, -0.2) is 65.6 Å². The van der Waals surface area contributed by atoms with Crippen LogP contribution in [0.4, 0.5) is 5.69 Å². The molecule has 148 valence electrons. The third-order valence-electron chi connectivity index (χ3n) is 5.91. The second-order valence-electron chi connectivity index (χ2n) is 7.72. The number of piperazine rings is 1. The van der Waals surface area contributed by atoms with E-state index in [2.05, 4.69) is 26.5 Å². The molecule has 2 aliphatic rings. The molecule has 0 radical (unpaired) electrons. The molecular weight excluding hydrogens is 390 g/mol. The molecule has 0 unspecified atom stereocenters. The molecule has 2 aromatic heterocycles. The summed E-state index contributed by atoms with van der Waals surface area (Å²) in [5.74, 6) is 0.0761. The number of pyridine rings is 1. The average Bonchev–Trinajstić information content (AvgIpc) is 3.22. The lowest BCUT2D eigenvalue weighted by molar-refractivity contribution is 0.0704. The molecule has 2 aromatic rings. The molecule has 0 N–H and O–H groups in total. The van der Waals surface area contributed by atoms with Gasteiger partial charge in [0.05, 0.1) is 33.0 Å². The molecule has 2 aliphatic heterocycles. The molecule has 2 fully saturated rings. The Hall–Kier alpha value is -1.82. The van der Waals surface area contributed by atoms with Crippen LogP contribution in [0, 0.1) is 16.7 Å². The Kier molecular flexibility index (Phi) is 5.50. The van der Waals surface area contributed by atoms with Gasteiger partial charge in [0.1, 0.15) is 0 Å². The summed E-state index contributed by atoms with van der Waals surface area (Å²) in [6, 6.07) is 4.48. The van der Waals surface area contributed by atoms with Crippen LogP contribution in [0.3, 0.4) is 0 Å². The first-order chi connectivity index (χ1) is 13.5. The van der Waals surface area contributed by atoms with E-state index in [4.69, 9.17) is 0 Å². The standard InChI is InChI=1S/C20H25N5OS2/c1-20(14-21)4-6-23(7-5-20)17-15(13-22-16-3-12-28-18(16)17)19(26)24-8-10-25(27-2)11-9-24/h3,12-13H,4-11H2,1-2H3. The Balaban J connectivity index is 1.65. The lowest BCUT2D eigenvalue weighted by atomic mass is 9.82. The first kappa shape index (κ1) is 19.5. The Morgan fingerprint density at radius 1 is 1.25 bits per heavy atom. The van der Waals surface area contributed by atoms with Gasteiger partial charge in [0.15, 0.2) is 0 Å². The summed E-state index contributed by atoms with van der Waals surface area (Å²) in [6.07, 6.45) is 5.47. The Morgan fingerprint density at radius 3 is 2.61 bits per heavy atom. The zero-order valence-electron chi connectivity index (χ0n) is 16.3. The number of hydrogen-bond donors (Lipinski definition) is 0. The average molecular weight is 416 g/mol. The molecule has 28 heavy (non-hydrogen) atoms. The second-order valence-corrected chi connectivity index (χ2v) is 9.52. The fourth-order valence-electron chi connectivity index (χ4n) is 3.95. The van der Waals surface area contributed by atoms with Gasteiger partial charge in [-0.2, -0.15) is 5.26 Å². The van der Waals surface area contributed by atoms with Gasteiger partial charge >= 0.3 is 0 Å². The zero-order valence-corrected chi connectivity index (χ0v) is 18.0. The monoisotopic (exact) mass is 415 g/mol. The van der Waals surface area contributed by atoms with E-state index in [1.54, 1.807) is 29.5 Å². The molecule has 4 rings (SSSR count). The zero-order chi connectivity index (χ0) is 19.7. The van der Waals surface area contributed by atoms with E-state index in [9.17, 15) is 10.1 Å². The fourth-order valence-corrected chi connectivity index (χ4v) is 5.40. The van der Waals surface area contributed by atoms with Crippen molar-refractivity contribution in [3.63, 3.8) is 0 Å². The molecule has 4 heterocycles. The quantitative estimate of drug-likeness (QED) is 0.716. The molecule has 1 amide bonds. The normalized spacial score (nSPS) is 20.3. The van der Waals surface area contributed by atoms with E-state index >= 15 is 0 Å². The van der Waals surface area contributed by atoms with Crippen molar-refractivity contribution in [1.82, 2.24) is 14.2 Å². The van der Waals surface area contributed by atoms with Crippen molar-refractivity contribution < 1.29 is 4.79 Å². The van der Waals surface area contributed by atoms with Gasteiger partial charge in [-0.15, -0.1) is 11.3 Å². The first-order valence-electron chi connectivity index (χ1n) is 9.65. The maximum absolute atomic E-state index is 13.4. The Labute approximate surface area is 174 Å². The number of fused-ring (bicyclic) bond motifs is 1. The third kappa shape index (κ3) is 3.59. The maximum Gasteiger partial charge on any atom is 0.257 e. The fraction of sp³-hybridized carbons (Fsp3) is 0.550. The number of aromatic nitrogens is 1. The van der Waals surface area contributed by atoms with Crippen LogP contribution >= 0.6 is 23.3 Å². The largest absolute Gasteiger partial charge is 0.370 e.